The summed E-state index contributed by atoms with van der Waals surface area (Å²) in [6, 6.07) is 5.44. The van der Waals surface area contributed by atoms with Crippen LogP contribution in [0.25, 0.3) is 0 Å². The van der Waals surface area contributed by atoms with Crippen molar-refractivity contribution < 1.29 is 13.2 Å². The molecule has 2 fully saturated rings. The lowest BCUT2D eigenvalue weighted by Crippen LogP contribution is -2.49. The summed E-state index contributed by atoms with van der Waals surface area (Å²) in [7, 11) is -1.97. The summed E-state index contributed by atoms with van der Waals surface area (Å²) in [5.74, 6) is 3.32. The van der Waals surface area contributed by atoms with E-state index in [4.69, 9.17) is 4.74 Å². The van der Waals surface area contributed by atoms with Gasteiger partial charge in [-0.1, -0.05) is 0 Å². The summed E-state index contributed by atoms with van der Waals surface area (Å²) in [6.07, 6.45) is 3.66. The fourth-order valence-corrected chi connectivity index (χ4v) is 6.25. The molecule has 9 heteroatoms. The maximum atomic E-state index is 13.4. The number of benzene rings is 1. The molecule has 0 spiro atoms. The van der Waals surface area contributed by atoms with Crippen molar-refractivity contribution in [2.24, 2.45) is 0 Å². The first-order valence-corrected chi connectivity index (χ1v) is 12.7. The highest BCUT2D eigenvalue weighted by Gasteiger charge is 2.31. The second-order valence-corrected chi connectivity index (χ2v) is 10.5. The van der Waals surface area contributed by atoms with Crippen molar-refractivity contribution in [1.82, 2.24) is 14.3 Å². The average molecular weight is 460 g/mol. The standard InChI is InChI=1S/C23H33N5O3S/c1-17-18(2)21(9-8-20(17)31-4)32(29,30)28-14-12-27(13-15-28)23-16-22(24-19(3)25-23)26-10-6-5-7-11-26/h8-9,16H,5-7,10-15H2,1-4H3. The summed E-state index contributed by atoms with van der Waals surface area (Å²) in [5, 5.41) is 0. The Morgan fingerprint density at radius 2 is 1.41 bits per heavy atom. The Bertz CT molecular complexity index is 1080. The molecule has 0 N–H and O–H groups in total. The summed E-state index contributed by atoms with van der Waals surface area (Å²) in [6.45, 7) is 9.77. The number of hydrogen-bond acceptors (Lipinski definition) is 7. The molecule has 0 bridgehead atoms. The molecule has 2 aliphatic rings. The van der Waals surface area contributed by atoms with E-state index >= 15 is 0 Å². The van der Waals surface area contributed by atoms with Crippen LogP contribution >= 0.6 is 0 Å². The van der Waals surface area contributed by atoms with Crippen LogP contribution in [0.3, 0.4) is 0 Å². The second-order valence-electron chi connectivity index (χ2n) is 8.59. The van der Waals surface area contributed by atoms with Crippen LogP contribution in [0, 0.1) is 20.8 Å². The number of rotatable bonds is 5. The maximum Gasteiger partial charge on any atom is 0.243 e. The molecule has 4 rings (SSSR count). The van der Waals surface area contributed by atoms with Crippen LogP contribution in [0.4, 0.5) is 11.6 Å². The lowest BCUT2D eigenvalue weighted by Gasteiger charge is -2.35. The van der Waals surface area contributed by atoms with Crippen molar-refractivity contribution in [3.05, 3.63) is 35.2 Å². The zero-order valence-electron chi connectivity index (χ0n) is 19.5. The van der Waals surface area contributed by atoms with E-state index in [9.17, 15) is 8.42 Å². The van der Waals surface area contributed by atoms with E-state index in [1.54, 1.807) is 23.5 Å². The molecule has 2 aliphatic heterocycles. The molecule has 174 valence electrons. The molecule has 0 saturated carbocycles. The van der Waals surface area contributed by atoms with Crippen LogP contribution in [0.5, 0.6) is 5.75 Å². The SMILES string of the molecule is COc1ccc(S(=O)(=O)N2CCN(c3cc(N4CCCCC4)nc(C)n3)CC2)c(C)c1C. The van der Waals surface area contributed by atoms with Gasteiger partial charge in [0.15, 0.2) is 0 Å². The number of piperazine rings is 1. The Morgan fingerprint density at radius 3 is 2.00 bits per heavy atom. The highest BCUT2D eigenvalue weighted by molar-refractivity contribution is 7.89. The van der Waals surface area contributed by atoms with E-state index in [-0.39, 0.29) is 0 Å². The average Bonchev–Trinajstić information content (AvgIpc) is 2.81. The van der Waals surface area contributed by atoms with Crippen molar-refractivity contribution in [2.75, 3.05) is 56.2 Å². The lowest BCUT2D eigenvalue weighted by molar-refractivity contribution is 0.383. The number of piperidine rings is 1. The summed E-state index contributed by atoms with van der Waals surface area (Å²) < 4.78 is 33.6. The number of anilines is 2. The van der Waals surface area contributed by atoms with E-state index in [2.05, 4.69) is 25.8 Å². The van der Waals surface area contributed by atoms with Crippen molar-refractivity contribution >= 4 is 21.7 Å². The first-order chi connectivity index (χ1) is 15.3. The normalized spacial score (nSPS) is 18.1. The third-order valence-electron chi connectivity index (χ3n) is 6.58. The minimum atomic E-state index is -3.57. The molecule has 1 aromatic carbocycles. The van der Waals surface area contributed by atoms with Gasteiger partial charge in [0.1, 0.15) is 23.2 Å². The van der Waals surface area contributed by atoms with Gasteiger partial charge in [-0.15, -0.1) is 0 Å². The van der Waals surface area contributed by atoms with Crippen LogP contribution in [-0.4, -0.2) is 69.1 Å². The molecule has 1 aromatic heterocycles. The molecule has 0 aliphatic carbocycles. The van der Waals surface area contributed by atoms with Gasteiger partial charge in [-0.25, -0.2) is 18.4 Å². The van der Waals surface area contributed by atoms with Gasteiger partial charge < -0.3 is 14.5 Å². The van der Waals surface area contributed by atoms with Crippen molar-refractivity contribution in [1.29, 1.82) is 0 Å². The van der Waals surface area contributed by atoms with Gasteiger partial charge >= 0.3 is 0 Å². The highest BCUT2D eigenvalue weighted by atomic mass is 32.2. The van der Waals surface area contributed by atoms with Crippen molar-refractivity contribution in [3.63, 3.8) is 0 Å². The van der Waals surface area contributed by atoms with Gasteiger partial charge in [-0.3, -0.25) is 0 Å². The second kappa shape index (κ2) is 9.23. The molecule has 2 aromatic rings. The number of nitrogens with zero attached hydrogens (tertiary/aromatic N) is 5. The van der Waals surface area contributed by atoms with Gasteiger partial charge in [0.25, 0.3) is 0 Å². The van der Waals surface area contributed by atoms with Crippen LogP contribution in [0.15, 0.2) is 23.1 Å². The van der Waals surface area contributed by atoms with E-state index in [0.717, 1.165) is 41.7 Å². The van der Waals surface area contributed by atoms with Crippen LogP contribution in [0.2, 0.25) is 0 Å². The Kier molecular flexibility index (Phi) is 6.57. The quantitative estimate of drug-likeness (QED) is 0.680. The number of aromatic nitrogens is 2. The topological polar surface area (TPSA) is 78.9 Å². The fourth-order valence-electron chi connectivity index (χ4n) is 4.55. The number of sulfonamides is 1. The molecule has 0 amide bonds. The monoisotopic (exact) mass is 459 g/mol. The van der Waals surface area contributed by atoms with Gasteiger partial charge in [-0.2, -0.15) is 4.31 Å². The first kappa shape index (κ1) is 22.8. The lowest BCUT2D eigenvalue weighted by atomic mass is 10.1. The fraction of sp³-hybridized carbons (Fsp3) is 0.565. The third-order valence-corrected chi connectivity index (χ3v) is 8.62. The Balaban J connectivity index is 1.50. The number of methoxy groups -OCH3 is 1. The molecule has 3 heterocycles. The smallest absolute Gasteiger partial charge is 0.243 e. The van der Waals surface area contributed by atoms with Gasteiger partial charge in [0.05, 0.1) is 12.0 Å². The zero-order chi connectivity index (χ0) is 22.9. The molecular formula is C23H33N5O3S. The van der Waals surface area contributed by atoms with E-state index in [0.29, 0.717) is 36.8 Å². The summed E-state index contributed by atoms with van der Waals surface area (Å²) >= 11 is 0. The maximum absolute atomic E-state index is 13.4. The van der Waals surface area contributed by atoms with Crippen LogP contribution < -0.4 is 14.5 Å². The number of hydrogen-bond donors (Lipinski definition) is 0. The first-order valence-electron chi connectivity index (χ1n) is 11.3. The van der Waals surface area contributed by atoms with Crippen molar-refractivity contribution in [2.45, 2.75) is 44.9 Å². The largest absolute Gasteiger partial charge is 0.496 e. The third kappa shape index (κ3) is 4.41. The number of ether oxygens (including phenoxy) is 1. The molecule has 0 atom stereocenters. The highest BCUT2D eigenvalue weighted by Crippen LogP contribution is 2.30. The molecule has 8 nitrogen and oxygen atoms in total. The van der Waals surface area contributed by atoms with Gasteiger partial charge in [0.2, 0.25) is 10.0 Å². The van der Waals surface area contributed by atoms with E-state index in [1.807, 2.05) is 20.8 Å². The van der Waals surface area contributed by atoms with Crippen molar-refractivity contribution in [3.8, 4) is 5.75 Å². The Hall–Kier alpha value is -2.39. The Labute approximate surface area is 191 Å². The molecule has 32 heavy (non-hydrogen) atoms. The summed E-state index contributed by atoms with van der Waals surface area (Å²) in [5.41, 5.74) is 1.60. The molecule has 0 radical (unpaired) electrons. The van der Waals surface area contributed by atoms with Gasteiger partial charge in [0, 0.05) is 45.3 Å². The van der Waals surface area contributed by atoms with Gasteiger partial charge in [-0.05, 0) is 63.3 Å². The Morgan fingerprint density at radius 1 is 0.812 bits per heavy atom. The number of aryl methyl sites for hydroxylation is 1. The molecule has 2 saturated heterocycles. The minimum Gasteiger partial charge on any atom is -0.496 e. The predicted octanol–water partition coefficient (Wildman–Crippen LogP) is 2.91. The predicted molar refractivity (Wildman–Crippen MR) is 126 cm³/mol. The summed E-state index contributed by atoms with van der Waals surface area (Å²) in [4.78, 5) is 14.2. The van der Waals surface area contributed by atoms with Crippen LogP contribution in [0.1, 0.15) is 36.2 Å². The minimum absolute atomic E-state index is 0.356. The molecular weight excluding hydrogens is 426 g/mol. The van der Waals surface area contributed by atoms with E-state index < -0.39 is 10.0 Å². The molecule has 0 unspecified atom stereocenters. The van der Waals surface area contributed by atoms with Crippen LogP contribution in [-0.2, 0) is 10.0 Å². The van der Waals surface area contributed by atoms with E-state index in [1.165, 1.54) is 19.3 Å². The zero-order valence-corrected chi connectivity index (χ0v) is 20.3.